The van der Waals surface area contributed by atoms with E-state index < -0.39 is 16.3 Å². The van der Waals surface area contributed by atoms with Gasteiger partial charge in [-0.1, -0.05) is 34.1 Å². The van der Waals surface area contributed by atoms with Gasteiger partial charge in [-0.25, -0.2) is 0 Å². The van der Waals surface area contributed by atoms with Gasteiger partial charge in [0.25, 0.3) is 0 Å². The van der Waals surface area contributed by atoms with Crippen LogP contribution >= 0.6 is 8.03 Å². The van der Waals surface area contributed by atoms with Crippen molar-refractivity contribution in [1.82, 2.24) is 0 Å². The lowest BCUT2D eigenvalue weighted by molar-refractivity contribution is 0.182. The van der Waals surface area contributed by atoms with Crippen LogP contribution in [0.4, 0.5) is 0 Å². The molecule has 1 rings (SSSR count). The van der Waals surface area contributed by atoms with E-state index in [2.05, 4.69) is 40.8 Å². The molecule has 20 heavy (non-hydrogen) atoms. The molecule has 0 saturated heterocycles. The third-order valence-electron chi connectivity index (χ3n) is 5.18. The molecular weight excluding hydrogens is 287 g/mol. The monoisotopic (exact) mass is 320 g/mol. The predicted octanol–water partition coefficient (Wildman–Crippen LogP) is 4.81. The summed E-state index contributed by atoms with van der Waals surface area (Å²) in [6.07, 6.45) is 5.28. The molecule has 1 N–H and O–H groups in total. The van der Waals surface area contributed by atoms with Crippen LogP contribution in [-0.4, -0.2) is 25.0 Å². The molecule has 1 fully saturated rings. The molecule has 1 saturated carbocycles. The highest BCUT2D eigenvalue weighted by Crippen LogP contribution is 2.45. The number of rotatable bonds is 6. The van der Waals surface area contributed by atoms with Gasteiger partial charge in [-0.2, -0.15) is 0 Å². The van der Waals surface area contributed by atoms with Crippen molar-refractivity contribution in [3.05, 3.63) is 0 Å². The SMILES string of the molecule is CCCC(C1CCC(O[Si](C)(C)C(C)(C)C)C1)[PH](=O)O. The third kappa shape index (κ3) is 4.69. The molecule has 120 valence electrons. The molecule has 4 atom stereocenters. The Balaban J connectivity index is 2.61. The molecule has 0 aromatic carbocycles. The van der Waals surface area contributed by atoms with Crippen LogP contribution in [0.3, 0.4) is 0 Å². The van der Waals surface area contributed by atoms with Crippen LogP contribution in [0, 0.1) is 5.92 Å². The van der Waals surface area contributed by atoms with Crippen molar-refractivity contribution in [3.63, 3.8) is 0 Å². The predicted molar refractivity (Wildman–Crippen MR) is 89.3 cm³/mol. The van der Waals surface area contributed by atoms with Gasteiger partial charge in [0, 0.05) is 11.8 Å². The van der Waals surface area contributed by atoms with Crippen LogP contribution in [-0.2, 0) is 8.99 Å². The first-order valence-corrected chi connectivity index (χ1v) is 12.3. The van der Waals surface area contributed by atoms with Crippen LogP contribution in [0.25, 0.3) is 0 Å². The average Bonchev–Trinajstić information content (AvgIpc) is 2.71. The molecule has 0 aromatic rings. The van der Waals surface area contributed by atoms with Gasteiger partial charge in [-0.3, -0.25) is 4.57 Å². The highest BCUT2D eigenvalue weighted by molar-refractivity contribution is 7.38. The first-order valence-electron chi connectivity index (χ1n) is 7.99. The topological polar surface area (TPSA) is 46.5 Å². The first kappa shape index (κ1) is 18.4. The maximum absolute atomic E-state index is 11.6. The molecule has 0 spiro atoms. The number of hydrogen-bond acceptors (Lipinski definition) is 2. The Morgan fingerprint density at radius 1 is 1.35 bits per heavy atom. The van der Waals surface area contributed by atoms with Gasteiger partial charge < -0.3 is 9.32 Å². The Morgan fingerprint density at radius 2 is 1.95 bits per heavy atom. The normalized spacial score (nSPS) is 27.6. The lowest BCUT2D eigenvalue weighted by atomic mass is 10.00. The van der Waals surface area contributed by atoms with E-state index in [1.807, 2.05) is 0 Å². The van der Waals surface area contributed by atoms with Crippen molar-refractivity contribution in [1.29, 1.82) is 0 Å². The summed E-state index contributed by atoms with van der Waals surface area (Å²) in [7, 11) is -4.12. The van der Waals surface area contributed by atoms with E-state index in [1.165, 1.54) is 0 Å². The summed E-state index contributed by atoms with van der Waals surface area (Å²) in [6, 6.07) is 0. The first-order chi connectivity index (χ1) is 9.08. The Hall–Kier alpha value is 0.367. The second-order valence-corrected chi connectivity index (χ2v) is 14.0. The molecule has 0 aromatic heterocycles. The van der Waals surface area contributed by atoms with E-state index in [0.717, 1.165) is 32.1 Å². The maximum Gasteiger partial charge on any atom is 0.192 e. The van der Waals surface area contributed by atoms with Gasteiger partial charge >= 0.3 is 0 Å². The molecule has 0 aliphatic heterocycles. The quantitative estimate of drug-likeness (QED) is 0.564. The van der Waals surface area contributed by atoms with Crippen molar-refractivity contribution >= 4 is 16.3 Å². The highest BCUT2D eigenvalue weighted by Gasteiger charge is 2.42. The van der Waals surface area contributed by atoms with Gasteiger partial charge in [0.2, 0.25) is 0 Å². The van der Waals surface area contributed by atoms with E-state index in [1.54, 1.807) is 0 Å². The Morgan fingerprint density at radius 3 is 2.40 bits per heavy atom. The lowest BCUT2D eigenvalue weighted by Gasteiger charge is -2.38. The number of hydrogen-bond donors (Lipinski definition) is 1. The Kier molecular flexibility index (Phi) is 6.52. The smallest absolute Gasteiger partial charge is 0.192 e. The fourth-order valence-corrected chi connectivity index (χ4v) is 5.55. The summed E-state index contributed by atoms with van der Waals surface area (Å²) in [5.41, 5.74) is 0.0121. The summed E-state index contributed by atoms with van der Waals surface area (Å²) in [4.78, 5) is 9.57. The molecule has 4 unspecified atom stereocenters. The minimum Gasteiger partial charge on any atom is -0.414 e. The lowest BCUT2D eigenvalue weighted by Crippen LogP contribution is -2.43. The second-order valence-electron chi connectivity index (χ2n) is 7.81. The minimum absolute atomic E-state index is 0.0121. The van der Waals surface area contributed by atoms with E-state index >= 15 is 0 Å². The maximum atomic E-state index is 11.6. The van der Waals surface area contributed by atoms with Crippen LogP contribution in [0.2, 0.25) is 18.1 Å². The summed E-state index contributed by atoms with van der Waals surface area (Å²) >= 11 is 0. The summed E-state index contributed by atoms with van der Waals surface area (Å²) < 4.78 is 18.0. The Bertz CT molecular complexity index is 339. The van der Waals surface area contributed by atoms with Gasteiger partial charge in [0.1, 0.15) is 0 Å². The zero-order valence-electron chi connectivity index (χ0n) is 14.0. The molecular formula is C15H33O3PSi. The van der Waals surface area contributed by atoms with Crippen molar-refractivity contribution in [3.8, 4) is 0 Å². The molecule has 0 bridgehead atoms. The molecule has 1 aliphatic rings. The van der Waals surface area contributed by atoms with Crippen molar-refractivity contribution in [2.24, 2.45) is 5.92 Å². The fourth-order valence-electron chi connectivity index (χ4n) is 2.91. The van der Waals surface area contributed by atoms with Crippen LogP contribution in [0.1, 0.15) is 59.8 Å². The van der Waals surface area contributed by atoms with E-state index in [-0.39, 0.29) is 10.7 Å². The standard InChI is InChI=1S/C15H33O3PSi/c1-7-8-14(19(16)17)12-9-10-13(11-12)18-20(5,6)15(2,3)4/h12-14,19H,7-11H2,1-6H3,(H,16,17). The fraction of sp³-hybridized carbons (Fsp3) is 1.00. The molecule has 5 heteroatoms. The van der Waals surface area contributed by atoms with Crippen LogP contribution < -0.4 is 0 Å². The Labute approximate surface area is 126 Å². The van der Waals surface area contributed by atoms with E-state index in [0.29, 0.717) is 12.0 Å². The molecule has 3 nitrogen and oxygen atoms in total. The minimum atomic E-state index is -2.41. The van der Waals surface area contributed by atoms with Crippen LogP contribution in [0.5, 0.6) is 0 Å². The van der Waals surface area contributed by atoms with Crippen molar-refractivity contribution in [2.45, 2.75) is 89.7 Å². The van der Waals surface area contributed by atoms with Gasteiger partial charge in [0.05, 0.1) is 0 Å². The van der Waals surface area contributed by atoms with E-state index in [4.69, 9.17) is 4.43 Å². The summed E-state index contributed by atoms with van der Waals surface area (Å²) in [5, 5.41) is 0.234. The zero-order chi connectivity index (χ0) is 15.6. The summed E-state index contributed by atoms with van der Waals surface area (Å²) in [6.45, 7) is 13.5. The van der Waals surface area contributed by atoms with Crippen molar-refractivity contribution < 1.29 is 13.9 Å². The molecule has 0 amide bonds. The molecule has 1 aliphatic carbocycles. The molecule has 0 radical (unpaired) electrons. The van der Waals surface area contributed by atoms with Gasteiger partial charge in [-0.05, 0) is 49.7 Å². The van der Waals surface area contributed by atoms with Gasteiger partial charge in [0.15, 0.2) is 16.3 Å². The largest absolute Gasteiger partial charge is 0.414 e. The average molecular weight is 320 g/mol. The van der Waals surface area contributed by atoms with E-state index in [9.17, 15) is 9.46 Å². The zero-order valence-corrected chi connectivity index (χ0v) is 16.0. The second kappa shape index (κ2) is 7.08. The molecule has 0 heterocycles. The third-order valence-corrected chi connectivity index (χ3v) is 11.1. The van der Waals surface area contributed by atoms with Crippen LogP contribution in [0.15, 0.2) is 0 Å². The van der Waals surface area contributed by atoms with Gasteiger partial charge in [-0.15, -0.1) is 0 Å². The highest BCUT2D eigenvalue weighted by atomic mass is 31.1. The summed E-state index contributed by atoms with van der Waals surface area (Å²) in [5.74, 6) is 0.390. The van der Waals surface area contributed by atoms with Crippen molar-refractivity contribution in [2.75, 3.05) is 0 Å².